The number of halogens is 3. The third kappa shape index (κ3) is 7.42. The van der Waals surface area contributed by atoms with Gasteiger partial charge in [0.1, 0.15) is 11.6 Å². The fourth-order valence-electron chi connectivity index (χ4n) is 5.16. The maximum absolute atomic E-state index is 14.8. The molecule has 2 aliphatic heterocycles. The van der Waals surface area contributed by atoms with Crippen molar-refractivity contribution in [3.63, 3.8) is 0 Å². The molecule has 0 spiro atoms. The Bertz CT molecular complexity index is 1120. The van der Waals surface area contributed by atoms with E-state index in [1.165, 1.54) is 24.4 Å². The van der Waals surface area contributed by atoms with E-state index in [0.717, 1.165) is 55.7 Å². The van der Waals surface area contributed by atoms with E-state index in [-0.39, 0.29) is 11.1 Å². The molecular formula is C30H39Cl2FN2O3S. The SMILES string of the molecule is CCC.CCSNC(=O)c1cc(C2CC2)c(OCC2CCN(C3(c4cc(Cl)cc(Cl)c4)COC3)CC2)cc1F. The van der Waals surface area contributed by atoms with Crippen molar-refractivity contribution in [2.24, 2.45) is 5.92 Å². The number of amides is 1. The standard InChI is InChI=1S/C27H31Cl2FN2O3S.C3H8/c1-2-36-31-26(33)23-12-22(18-3-4-18)25(13-24(23)30)35-14-17-5-7-32(8-6-17)27(15-34-16-27)19-9-20(28)11-21(29)10-19;1-3-2/h9-13,17-18H,2-8,14-16H2,1H3,(H,31,33);3H2,1-2H3. The van der Waals surface area contributed by atoms with Crippen LogP contribution in [-0.4, -0.2) is 49.5 Å². The van der Waals surface area contributed by atoms with Crippen molar-refractivity contribution in [2.75, 3.05) is 38.7 Å². The molecule has 0 radical (unpaired) electrons. The highest BCUT2D eigenvalue weighted by Crippen LogP contribution is 2.46. The Morgan fingerprint density at radius 2 is 1.72 bits per heavy atom. The van der Waals surface area contributed by atoms with Crippen molar-refractivity contribution < 1.29 is 18.7 Å². The number of nitrogens with zero attached hydrogens (tertiary/aromatic N) is 1. The number of likely N-dealkylation sites (tertiary alicyclic amines) is 1. The first-order chi connectivity index (χ1) is 18.8. The van der Waals surface area contributed by atoms with Crippen LogP contribution in [0.15, 0.2) is 30.3 Å². The lowest BCUT2D eigenvalue weighted by Crippen LogP contribution is -2.61. The van der Waals surface area contributed by atoms with E-state index >= 15 is 0 Å². The molecule has 39 heavy (non-hydrogen) atoms. The number of benzene rings is 2. The molecule has 2 heterocycles. The summed E-state index contributed by atoms with van der Waals surface area (Å²) in [6, 6.07) is 8.82. The third-order valence-electron chi connectivity index (χ3n) is 7.45. The highest BCUT2D eigenvalue weighted by molar-refractivity contribution is 7.97. The summed E-state index contributed by atoms with van der Waals surface area (Å²) in [5.74, 6) is 1.09. The molecule has 2 aromatic rings. The summed E-state index contributed by atoms with van der Waals surface area (Å²) < 4.78 is 29.3. The molecule has 0 bridgehead atoms. The maximum atomic E-state index is 14.8. The Labute approximate surface area is 246 Å². The van der Waals surface area contributed by atoms with E-state index < -0.39 is 11.7 Å². The van der Waals surface area contributed by atoms with Gasteiger partial charge in [0.2, 0.25) is 0 Å². The third-order valence-corrected chi connectivity index (χ3v) is 8.50. The lowest BCUT2D eigenvalue weighted by atomic mass is 9.83. The first-order valence-electron chi connectivity index (χ1n) is 14.0. The van der Waals surface area contributed by atoms with Crippen LogP contribution >= 0.6 is 35.1 Å². The molecule has 1 saturated carbocycles. The van der Waals surface area contributed by atoms with Gasteiger partial charge in [-0.15, -0.1) is 0 Å². The lowest BCUT2D eigenvalue weighted by Gasteiger charge is -2.52. The van der Waals surface area contributed by atoms with Crippen LogP contribution in [0, 0.1) is 11.7 Å². The average Bonchev–Trinajstić information content (AvgIpc) is 3.71. The van der Waals surface area contributed by atoms with Crippen LogP contribution < -0.4 is 9.46 Å². The van der Waals surface area contributed by atoms with E-state index in [9.17, 15) is 9.18 Å². The Kier molecular flexibility index (Phi) is 10.9. The minimum absolute atomic E-state index is 0.0904. The van der Waals surface area contributed by atoms with Crippen LogP contribution in [0.1, 0.15) is 80.3 Å². The van der Waals surface area contributed by atoms with E-state index in [4.69, 9.17) is 32.7 Å². The molecule has 1 N–H and O–H groups in total. The van der Waals surface area contributed by atoms with Gasteiger partial charge in [-0.2, -0.15) is 0 Å². The van der Waals surface area contributed by atoms with Crippen LogP contribution in [0.4, 0.5) is 4.39 Å². The second kappa shape index (κ2) is 13.9. The molecule has 3 aliphatic rings. The summed E-state index contributed by atoms with van der Waals surface area (Å²) in [5.41, 5.74) is 1.96. The number of carbonyl (C=O) groups excluding carboxylic acids is 1. The largest absolute Gasteiger partial charge is 0.493 e. The molecule has 0 aromatic heterocycles. The van der Waals surface area contributed by atoms with Gasteiger partial charge >= 0.3 is 0 Å². The summed E-state index contributed by atoms with van der Waals surface area (Å²) in [5, 5.41) is 1.27. The molecular weight excluding hydrogens is 558 g/mol. The predicted octanol–water partition coefficient (Wildman–Crippen LogP) is 7.84. The first kappa shape index (κ1) is 30.4. The van der Waals surface area contributed by atoms with Crippen LogP contribution in [0.2, 0.25) is 10.0 Å². The Morgan fingerprint density at radius 3 is 2.26 bits per heavy atom. The van der Waals surface area contributed by atoms with Crippen molar-refractivity contribution in [3.8, 4) is 5.75 Å². The van der Waals surface area contributed by atoms with Crippen molar-refractivity contribution in [1.29, 1.82) is 0 Å². The number of nitrogens with one attached hydrogen (secondary N) is 1. The summed E-state index contributed by atoms with van der Waals surface area (Å²) >= 11 is 13.8. The molecule has 2 saturated heterocycles. The number of carbonyl (C=O) groups is 1. The number of piperidine rings is 1. The fraction of sp³-hybridized carbons (Fsp3) is 0.567. The van der Waals surface area contributed by atoms with Gasteiger partial charge in [0.15, 0.2) is 0 Å². The highest BCUT2D eigenvalue weighted by atomic mass is 35.5. The van der Waals surface area contributed by atoms with Gasteiger partial charge in [0.05, 0.1) is 30.9 Å². The summed E-state index contributed by atoms with van der Waals surface area (Å²) in [6.07, 6.45) is 5.30. The zero-order chi connectivity index (χ0) is 28.0. The summed E-state index contributed by atoms with van der Waals surface area (Å²) in [7, 11) is 0. The Balaban J connectivity index is 0.00000112. The molecule has 5 nitrogen and oxygen atoms in total. The maximum Gasteiger partial charge on any atom is 0.264 e. The monoisotopic (exact) mass is 596 g/mol. The van der Waals surface area contributed by atoms with E-state index in [0.29, 0.717) is 47.5 Å². The van der Waals surface area contributed by atoms with Crippen molar-refractivity contribution >= 4 is 41.1 Å². The van der Waals surface area contributed by atoms with Crippen molar-refractivity contribution in [3.05, 3.63) is 62.9 Å². The molecule has 5 rings (SSSR count). The van der Waals surface area contributed by atoms with Gasteiger partial charge in [-0.1, -0.05) is 62.3 Å². The van der Waals surface area contributed by atoms with Crippen molar-refractivity contribution in [2.45, 2.75) is 64.3 Å². The minimum Gasteiger partial charge on any atom is -0.493 e. The van der Waals surface area contributed by atoms with Crippen LogP contribution in [0.3, 0.4) is 0 Å². The van der Waals surface area contributed by atoms with Gasteiger partial charge in [-0.25, -0.2) is 4.39 Å². The van der Waals surface area contributed by atoms with Gasteiger partial charge in [-0.3, -0.25) is 14.4 Å². The Hall–Kier alpha value is -1.51. The number of hydrogen-bond donors (Lipinski definition) is 1. The molecule has 9 heteroatoms. The molecule has 214 valence electrons. The summed E-state index contributed by atoms with van der Waals surface area (Å²) in [4.78, 5) is 14.9. The zero-order valence-corrected chi connectivity index (χ0v) is 25.4. The van der Waals surface area contributed by atoms with Crippen LogP contribution in [0.25, 0.3) is 0 Å². The second-order valence-electron chi connectivity index (χ2n) is 10.6. The number of rotatable bonds is 9. The molecule has 0 unspecified atom stereocenters. The molecule has 3 fully saturated rings. The number of ether oxygens (including phenoxy) is 2. The van der Waals surface area contributed by atoms with Gasteiger partial charge in [0.25, 0.3) is 5.91 Å². The van der Waals surface area contributed by atoms with E-state index in [1.807, 2.05) is 19.1 Å². The van der Waals surface area contributed by atoms with E-state index in [1.54, 1.807) is 12.1 Å². The minimum atomic E-state index is -0.537. The quantitative estimate of drug-likeness (QED) is 0.299. The zero-order valence-electron chi connectivity index (χ0n) is 23.0. The molecule has 1 amide bonds. The average molecular weight is 598 g/mol. The van der Waals surface area contributed by atoms with Crippen LogP contribution in [-0.2, 0) is 10.3 Å². The topological polar surface area (TPSA) is 50.8 Å². The van der Waals surface area contributed by atoms with Gasteiger partial charge in [0, 0.05) is 21.9 Å². The van der Waals surface area contributed by atoms with Crippen LogP contribution in [0.5, 0.6) is 5.75 Å². The Morgan fingerprint density at radius 1 is 1.08 bits per heavy atom. The van der Waals surface area contributed by atoms with Gasteiger partial charge in [-0.05, 0) is 86.0 Å². The molecule has 0 atom stereocenters. The second-order valence-corrected chi connectivity index (χ2v) is 12.6. The smallest absolute Gasteiger partial charge is 0.264 e. The summed E-state index contributed by atoms with van der Waals surface area (Å²) in [6.45, 7) is 9.82. The van der Waals surface area contributed by atoms with Crippen molar-refractivity contribution in [1.82, 2.24) is 9.62 Å². The predicted molar refractivity (Wildman–Crippen MR) is 159 cm³/mol. The normalized spacial score (nSPS) is 19.0. The molecule has 2 aromatic carbocycles. The van der Waals surface area contributed by atoms with E-state index in [2.05, 4.69) is 23.5 Å². The molecule has 1 aliphatic carbocycles. The highest BCUT2D eigenvalue weighted by Gasteiger charge is 2.47. The number of hydrogen-bond acceptors (Lipinski definition) is 5. The first-order valence-corrected chi connectivity index (χ1v) is 15.7. The lowest BCUT2D eigenvalue weighted by molar-refractivity contribution is -0.155. The fourth-order valence-corrected chi connectivity index (χ4v) is 6.07. The van der Waals surface area contributed by atoms with Gasteiger partial charge < -0.3 is 9.47 Å².